The highest BCUT2D eigenvalue weighted by atomic mass is 32.2. The van der Waals surface area contributed by atoms with Gasteiger partial charge in [-0.15, -0.1) is 0 Å². The fraction of sp³-hybridized carbons (Fsp3) is 0.333. The van der Waals surface area contributed by atoms with Crippen molar-refractivity contribution in [3.8, 4) is 5.75 Å². The van der Waals surface area contributed by atoms with Crippen molar-refractivity contribution in [2.75, 3.05) is 24.5 Å². The molecule has 39 heavy (non-hydrogen) atoms. The maximum absolute atomic E-state index is 13.9. The minimum Gasteiger partial charge on any atom is -0.497 e. The summed E-state index contributed by atoms with van der Waals surface area (Å²) in [7, 11) is -2.58. The van der Waals surface area contributed by atoms with Gasteiger partial charge < -0.3 is 15.0 Å². The molecule has 0 aliphatic heterocycles. The van der Waals surface area contributed by atoms with Gasteiger partial charge in [-0.05, 0) is 76.1 Å². The number of amides is 2. The first-order valence-electron chi connectivity index (χ1n) is 12.8. The third-order valence-electron chi connectivity index (χ3n) is 6.12. The van der Waals surface area contributed by atoms with Crippen LogP contribution >= 0.6 is 0 Å². The molecule has 208 valence electrons. The van der Waals surface area contributed by atoms with Gasteiger partial charge in [0.15, 0.2) is 0 Å². The number of rotatable bonds is 11. The molecule has 0 aliphatic carbocycles. The summed E-state index contributed by atoms with van der Waals surface area (Å²) in [5.74, 6) is -0.247. The topological polar surface area (TPSA) is 96.0 Å². The summed E-state index contributed by atoms with van der Waals surface area (Å²) in [5, 5.41) is 2.93. The molecule has 3 aromatic rings. The minimum absolute atomic E-state index is 0.0583. The zero-order valence-electron chi connectivity index (χ0n) is 23.1. The maximum Gasteiger partial charge on any atom is 0.264 e. The monoisotopic (exact) mass is 551 g/mol. The van der Waals surface area contributed by atoms with Gasteiger partial charge in [0.1, 0.15) is 18.3 Å². The number of carbonyl (C=O) groups is 2. The molecule has 1 atom stereocenters. The Kier molecular flexibility index (Phi) is 9.75. The van der Waals surface area contributed by atoms with Crippen LogP contribution in [0.15, 0.2) is 89.8 Å². The highest BCUT2D eigenvalue weighted by Gasteiger charge is 2.33. The summed E-state index contributed by atoms with van der Waals surface area (Å²) in [5.41, 5.74) is 0.816. The molecule has 0 fully saturated rings. The molecule has 2 amide bonds. The Hall–Kier alpha value is -3.85. The van der Waals surface area contributed by atoms with Crippen molar-refractivity contribution < 1.29 is 22.7 Å². The van der Waals surface area contributed by atoms with E-state index in [4.69, 9.17) is 4.74 Å². The van der Waals surface area contributed by atoms with Crippen LogP contribution in [0.2, 0.25) is 0 Å². The quantitative estimate of drug-likeness (QED) is 0.384. The molecule has 0 saturated carbocycles. The first kappa shape index (κ1) is 29.7. The Balaban J connectivity index is 1.97. The average Bonchev–Trinajstić information content (AvgIpc) is 2.92. The molecule has 0 bridgehead atoms. The molecule has 0 unspecified atom stereocenters. The lowest BCUT2D eigenvalue weighted by Crippen LogP contribution is -2.55. The van der Waals surface area contributed by atoms with E-state index in [-0.39, 0.29) is 17.3 Å². The lowest BCUT2D eigenvalue weighted by molar-refractivity contribution is -0.139. The van der Waals surface area contributed by atoms with Gasteiger partial charge in [-0.2, -0.15) is 0 Å². The van der Waals surface area contributed by atoms with Crippen LogP contribution in [0.1, 0.15) is 33.3 Å². The molecular formula is C30H37N3O5S. The van der Waals surface area contributed by atoms with Crippen LogP contribution < -0.4 is 14.4 Å². The molecule has 0 spiro atoms. The van der Waals surface area contributed by atoms with Crippen molar-refractivity contribution in [1.29, 1.82) is 0 Å². The van der Waals surface area contributed by atoms with E-state index in [0.717, 1.165) is 9.87 Å². The van der Waals surface area contributed by atoms with Crippen molar-refractivity contribution >= 4 is 27.5 Å². The van der Waals surface area contributed by atoms with Crippen molar-refractivity contribution in [3.63, 3.8) is 0 Å². The zero-order valence-corrected chi connectivity index (χ0v) is 23.9. The molecule has 1 N–H and O–H groups in total. The third-order valence-corrected chi connectivity index (χ3v) is 7.91. The molecule has 9 heteroatoms. The van der Waals surface area contributed by atoms with E-state index in [9.17, 15) is 18.0 Å². The second-order valence-corrected chi connectivity index (χ2v) is 12.1. The average molecular weight is 552 g/mol. The highest BCUT2D eigenvalue weighted by Crippen LogP contribution is 2.26. The Morgan fingerprint density at radius 2 is 1.46 bits per heavy atom. The lowest BCUT2D eigenvalue weighted by atomic mass is 10.1. The SMILES string of the molecule is COc1ccc(N(CC(=O)N(CCc2ccccc2)[C@@H](C)C(=O)NC(C)(C)C)S(=O)(=O)c2ccccc2)cc1. The smallest absolute Gasteiger partial charge is 0.264 e. The fourth-order valence-corrected chi connectivity index (χ4v) is 5.48. The van der Waals surface area contributed by atoms with Gasteiger partial charge in [-0.1, -0.05) is 48.5 Å². The van der Waals surface area contributed by atoms with E-state index < -0.39 is 34.1 Å². The van der Waals surface area contributed by atoms with Crippen LogP contribution in [0.5, 0.6) is 5.75 Å². The van der Waals surface area contributed by atoms with Crippen LogP contribution in [0.4, 0.5) is 5.69 Å². The molecule has 3 rings (SSSR count). The number of sulfonamides is 1. The molecule has 3 aromatic carbocycles. The van der Waals surface area contributed by atoms with E-state index in [1.165, 1.54) is 24.1 Å². The summed E-state index contributed by atoms with van der Waals surface area (Å²) in [6.45, 7) is 7.02. The second-order valence-electron chi connectivity index (χ2n) is 10.3. The summed E-state index contributed by atoms with van der Waals surface area (Å²) in [6.07, 6.45) is 0.508. The van der Waals surface area contributed by atoms with Crippen LogP contribution in [-0.2, 0) is 26.0 Å². The van der Waals surface area contributed by atoms with Gasteiger partial charge in [0.2, 0.25) is 11.8 Å². The first-order valence-corrected chi connectivity index (χ1v) is 14.2. The number of nitrogens with zero attached hydrogens (tertiary/aromatic N) is 2. The highest BCUT2D eigenvalue weighted by molar-refractivity contribution is 7.92. The number of hydrogen-bond donors (Lipinski definition) is 1. The zero-order chi connectivity index (χ0) is 28.6. The summed E-state index contributed by atoms with van der Waals surface area (Å²) >= 11 is 0. The molecule has 0 heterocycles. The number of benzene rings is 3. The van der Waals surface area contributed by atoms with Gasteiger partial charge in [0, 0.05) is 12.1 Å². The van der Waals surface area contributed by atoms with Crippen molar-refractivity contribution in [3.05, 3.63) is 90.5 Å². The summed E-state index contributed by atoms with van der Waals surface area (Å²) < 4.78 is 33.8. The van der Waals surface area contributed by atoms with Crippen LogP contribution in [0, 0.1) is 0 Å². The Labute approximate surface area is 231 Å². The Morgan fingerprint density at radius 1 is 0.897 bits per heavy atom. The first-order chi connectivity index (χ1) is 18.4. The Bertz CT molecular complexity index is 1340. The third kappa shape index (κ3) is 8.07. The van der Waals surface area contributed by atoms with Crippen LogP contribution in [-0.4, -0.2) is 56.9 Å². The normalized spacial score (nSPS) is 12.3. The molecule has 0 aromatic heterocycles. The minimum atomic E-state index is -4.10. The second kappa shape index (κ2) is 12.8. The Morgan fingerprint density at radius 3 is 2.00 bits per heavy atom. The predicted molar refractivity (Wildman–Crippen MR) is 153 cm³/mol. The van der Waals surface area contributed by atoms with E-state index in [1.54, 1.807) is 49.4 Å². The van der Waals surface area contributed by atoms with Gasteiger partial charge >= 0.3 is 0 Å². The molecule has 0 radical (unpaired) electrons. The van der Waals surface area contributed by atoms with E-state index in [2.05, 4.69) is 5.32 Å². The van der Waals surface area contributed by atoms with Crippen molar-refractivity contribution in [1.82, 2.24) is 10.2 Å². The molecule has 0 aliphatic rings. The number of methoxy groups -OCH3 is 1. The predicted octanol–water partition coefficient (Wildman–Crippen LogP) is 4.27. The lowest BCUT2D eigenvalue weighted by Gasteiger charge is -2.33. The number of nitrogens with one attached hydrogen (secondary N) is 1. The summed E-state index contributed by atoms with van der Waals surface area (Å²) in [4.78, 5) is 28.5. The standard InChI is InChI=1S/C30H37N3O5S/c1-23(29(35)31-30(2,3)4)32(21-20-24-12-8-6-9-13-24)28(34)22-33(25-16-18-26(38-5)19-17-25)39(36,37)27-14-10-7-11-15-27/h6-19,23H,20-22H2,1-5H3,(H,31,35)/t23-/m0/s1. The van der Waals surface area contributed by atoms with Gasteiger partial charge in [-0.3, -0.25) is 13.9 Å². The van der Waals surface area contributed by atoms with E-state index >= 15 is 0 Å². The number of hydrogen-bond acceptors (Lipinski definition) is 5. The van der Waals surface area contributed by atoms with Crippen LogP contribution in [0.25, 0.3) is 0 Å². The van der Waals surface area contributed by atoms with E-state index in [1.807, 2.05) is 51.1 Å². The van der Waals surface area contributed by atoms with Gasteiger partial charge in [0.05, 0.1) is 17.7 Å². The maximum atomic E-state index is 13.9. The largest absolute Gasteiger partial charge is 0.497 e. The number of ether oxygens (including phenoxy) is 1. The fourth-order valence-electron chi connectivity index (χ4n) is 4.04. The molecule has 0 saturated heterocycles. The molecular weight excluding hydrogens is 514 g/mol. The summed E-state index contributed by atoms with van der Waals surface area (Å²) in [6, 6.07) is 23.2. The molecule has 8 nitrogen and oxygen atoms in total. The number of carbonyl (C=O) groups excluding carboxylic acids is 2. The van der Waals surface area contributed by atoms with Crippen molar-refractivity contribution in [2.24, 2.45) is 0 Å². The van der Waals surface area contributed by atoms with Gasteiger partial charge in [-0.25, -0.2) is 8.42 Å². The van der Waals surface area contributed by atoms with E-state index in [0.29, 0.717) is 17.9 Å². The van der Waals surface area contributed by atoms with Crippen LogP contribution in [0.3, 0.4) is 0 Å². The van der Waals surface area contributed by atoms with Crippen molar-refractivity contribution in [2.45, 2.75) is 50.6 Å². The van der Waals surface area contributed by atoms with Gasteiger partial charge in [0.25, 0.3) is 10.0 Å². The number of anilines is 1.